The predicted molar refractivity (Wildman–Crippen MR) is 56.9 cm³/mol. The lowest BCUT2D eigenvalue weighted by Gasteiger charge is -2.09. The molecule has 0 saturated carbocycles. The van der Waals surface area contributed by atoms with Crippen molar-refractivity contribution in [3.8, 4) is 5.75 Å². The Morgan fingerprint density at radius 3 is 2.57 bits per heavy atom. The molecule has 76 valence electrons. The van der Waals surface area contributed by atoms with Crippen LogP contribution in [0.4, 0.5) is 11.4 Å². The highest BCUT2D eigenvalue weighted by Gasteiger charge is 2.13. The maximum absolute atomic E-state index is 11.3. The molecular formula is C9H11ClN2O2. The van der Waals surface area contributed by atoms with E-state index >= 15 is 0 Å². The topological polar surface area (TPSA) is 78.3 Å². The van der Waals surface area contributed by atoms with Gasteiger partial charge < -0.3 is 16.2 Å². The first-order valence-electron chi connectivity index (χ1n) is 3.93. The molecule has 1 aromatic carbocycles. The lowest BCUT2D eigenvalue weighted by atomic mass is 10.1. The summed E-state index contributed by atoms with van der Waals surface area (Å²) < 4.78 is 4.94. The zero-order valence-corrected chi connectivity index (χ0v) is 8.47. The summed E-state index contributed by atoms with van der Waals surface area (Å²) in [5.41, 5.74) is 12.1. The van der Waals surface area contributed by atoms with Crippen molar-refractivity contribution in [3.63, 3.8) is 0 Å². The molecule has 0 bridgehead atoms. The zero-order valence-electron chi connectivity index (χ0n) is 7.71. The first kappa shape index (κ1) is 10.7. The number of ketones is 1. The van der Waals surface area contributed by atoms with Gasteiger partial charge in [0.1, 0.15) is 5.75 Å². The van der Waals surface area contributed by atoms with Crippen LogP contribution < -0.4 is 16.2 Å². The van der Waals surface area contributed by atoms with Crippen LogP contribution in [0.1, 0.15) is 10.4 Å². The molecule has 0 aliphatic heterocycles. The lowest BCUT2D eigenvalue weighted by molar-refractivity contribution is 0.102. The zero-order chi connectivity index (χ0) is 10.7. The standard InChI is InChI=1S/C9H11ClN2O2/c1-14-7-3-2-5(6(13)4-10)8(11)9(7)12/h2-3H,4,11-12H2,1H3. The van der Waals surface area contributed by atoms with Gasteiger partial charge in [0.25, 0.3) is 0 Å². The van der Waals surface area contributed by atoms with Crippen molar-refractivity contribution in [2.24, 2.45) is 0 Å². The van der Waals surface area contributed by atoms with E-state index in [1.165, 1.54) is 7.11 Å². The smallest absolute Gasteiger partial charge is 0.179 e. The van der Waals surface area contributed by atoms with Gasteiger partial charge in [-0.3, -0.25) is 4.79 Å². The van der Waals surface area contributed by atoms with Gasteiger partial charge in [-0.2, -0.15) is 0 Å². The summed E-state index contributed by atoms with van der Waals surface area (Å²) in [6.45, 7) is 0. The molecule has 4 nitrogen and oxygen atoms in total. The number of ether oxygens (including phenoxy) is 1. The van der Waals surface area contributed by atoms with Crippen molar-refractivity contribution >= 4 is 28.8 Å². The third-order valence-corrected chi connectivity index (χ3v) is 2.13. The van der Waals surface area contributed by atoms with Crippen LogP contribution >= 0.6 is 11.6 Å². The van der Waals surface area contributed by atoms with Gasteiger partial charge in [0, 0.05) is 5.56 Å². The van der Waals surface area contributed by atoms with Gasteiger partial charge >= 0.3 is 0 Å². The first-order chi connectivity index (χ1) is 6.61. The molecule has 0 radical (unpaired) electrons. The van der Waals surface area contributed by atoms with Gasteiger partial charge in [-0.05, 0) is 12.1 Å². The molecule has 14 heavy (non-hydrogen) atoms. The summed E-state index contributed by atoms with van der Waals surface area (Å²) in [6, 6.07) is 3.14. The number of benzene rings is 1. The number of hydrogen-bond donors (Lipinski definition) is 2. The number of halogens is 1. The van der Waals surface area contributed by atoms with Gasteiger partial charge in [-0.25, -0.2) is 0 Å². The quantitative estimate of drug-likeness (QED) is 0.451. The molecule has 0 amide bonds. The largest absolute Gasteiger partial charge is 0.495 e. The van der Waals surface area contributed by atoms with Crippen molar-refractivity contribution in [1.82, 2.24) is 0 Å². The van der Waals surface area contributed by atoms with Crippen molar-refractivity contribution in [2.75, 3.05) is 24.5 Å². The Kier molecular flexibility index (Phi) is 3.19. The number of rotatable bonds is 3. The molecule has 0 saturated heterocycles. The third kappa shape index (κ3) is 1.75. The van der Waals surface area contributed by atoms with Gasteiger partial charge in [0.15, 0.2) is 5.78 Å². The molecule has 1 rings (SSSR count). The lowest BCUT2D eigenvalue weighted by Crippen LogP contribution is -2.08. The van der Waals surface area contributed by atoms with E-state index in [-0.39, 0.29) is 23.0 Å². The van der Waals surface area contributed by atoms with Crippen molar-refractivity contribution in [3.05, 3.63) is 17.7 Å². The second-order valence-electron chi connectivity index (χ2n) is 2.70. The fourth-order valence-electron chi connectivity index (χ4n) is 1.11. The highest BCUT2D eigenvalue weighted by Crippen LogP contribution is 2.30. The molecule has 0 unspecified atom stereocenters. The fraction of sp³-hybridized carbons (Fsp3) is 0.222. The van der Waals surface area contributed by atoms with E-state index in [1.54, 1.807) is 12.1 Å². The number of nitrogens with two attached hydrogens (primary N) is 2. The second kappa shape index (κ2) is 4.19. The van der Waals surface area contributed by atoms with Crippen LogP contribution in [0.25, 0.3) is 0 Å². The minimum atomic E-state index is -0.251. The molecular weight excluding hydrogens is 204 g/mol. The molecule has 4 N–H and O–H groups in total. The minimum absolute atomic E-state index is 0.115. The van der Waals surface area contributed by atoms with Gasteiger partial charge in [-0.1, -0.05) is 0 Å². The first-order valence-corrected chi connectivity index (χ1v) is 4.46. The normalized spacial score (nSPS) is 9.86. The Morgan fingerprint density at radius 2 is 2.07 bits per heavy atom. The van der Waals surface area contributed by atoms with Gasteiger partial charge in [0.2, 0.25) is 0 Å². The van der Waals surface area contributed by atoms with E-state index in [1.807, 2.05) is 0 Å². The number of carbonyl (C=O) groups is 1. The van der Waals surface area contributed by atoms with Crippen LogP contribution in [0, 0.1) is 0 Å². The SMILES string of the molecule is COc1ccc(C(=O)CCl)c(N)c1N. The third-order valence-electron chi connectivity index (χ3n) is 1.89. The van der Waals surface area contributed by atoms with Crippen LogP contribution in [0.2, 0.25) is 0 Å². The number of carbonyl (C=O) groups excluding carboxylic acids is 1. The maximum atomic E-state index is 11.3. The molecule has 0 heterocycles. The summed E-state index contributed by atoms with van der Waals surface area (Å²) in [4.78, 5) is 11.3. The molecule has 1 aromatic rings. The Balaban J connectivity index is 3.24. The number of alkyl halides is 1. The molecule has 0 aromatic heterocycles. The van der Waals surface area contributed by atoms with Gasteiger partial charge in [-0.15, -0.1) is 11.6 Å². The van der Waals surface area contributed by atoms with Crippen molar-refractivity contribution < 1.29 is 9.53 Å². The molecule has 0 aliphatic rings. The summed E-state index contributed by atoms with van der Waals surface area (Å²) in [5, 5.41) is 0. The summed E-state index contributed by atoms with van der Waals surface area (Å²) >= 11 is 5.41. The molecule has 0 atom stereocenters. The van der Waals surface area contributed by atoms with E-state index in [0.717, 1.165) is 0 Å². The van der Waals surface area contributed by atoms with E-state index in [2.05, 4.69) is 0 Å². The molecule has 0 fully saturated rings. The Morgan fingerprint density at radius 1 is 1.43 bits per heavy atom. The number of Topliss-reactive ketones (excluding diaryl/α,β-unsaturated/α-hetero) is 1. The van der Waals surface area contributed by atoms with Crippen molar-refractivity contribution in [1.29, 1.82) is 0 Å². The minimum Gasteiger partial charge on any atom is -0.495 e. The average molecular weight is 215 g/mol. The second-order valence-corrected chi connectivity index (χ2v) is 2.97. The van der Waals surface area contributed by atoms with Crippen LogP contribution in [-0.4, -0.2) is 18.8 Å². The Bertz CT molecular complexity index is 366. The molecule has 5 heteroatoms. The van der Waals surface area contributed by atoms with Gasteiger partial charge in [0.05, 0.1) is 24.4 Å². The number of hydrogen-bond acceptors (Lipinski definition) is 4. The average Bonchev–Trinajstić information content (AvgIpc) is 2.21. The van der Waals surface area contributed by atoms with Crippen molar-refractivity contribution in [2.45, 2.75) is 0 Å². The highest BCUT2D eigenvalue weighted by atomic mass is 35.5. The number of anilines is 2. The molecule has 0 aliphatic carbocycles. The van der Waals surface area contributed by atoms with Crippen LogP contribution in [0.5, 0.6) is 5.75 Å². The number of nitrogen functional groups attached to an aromatic ring is 2. The summed E-state index contributed by atoms with van der Waals surface area (Å²) in [6.07, 6.45) is 0. The van der Waals surface area contributed by atoms with Crippen LogP contribution in [0.15, 0.2) is 12.1 Å². The van der Waals surface area contributed by atoms with Crippen LogP contribution in [-0.2, 0) is 0 Å². The summed E-state index contributed by atoms with van der Waals surface area (Å²) in [7, 11) is 1.48. The van der Waals surface area contributed by atoms with Crippen LogP contribution in [0.3, 0.4) is 0 Å². The Labute approximate surface area is 86.8 Å². The Hall–Kier alpha value is -1.42. The predicted octanol–water partition coefficient (Wildman–Crippen LogP) is 1.28. The molecule has 0 spiro atoms. The maximum Gasteiger partial charge on any atom is 0.179 e. The fourth-order valence-corrected chi connectivity index (χ4v) is 1.25. The number of methoxy groups -OCH3 is 1. The monoisotopic (exact) mass is 214 g/mol. The van der Waals surface area contributed by atoms with E-state index < -0.39 is 0 Å². The highest BCUT2D eigenvalue weighted by molar-refractivity contribution is 6.31. The summed E-state index contributed by atoms with van der Waals surface area (Å²) in [5.74, 6) is 0.0859. The van der Waals surface area contributed by atoms with E-state index in [9.17, 15) is 4.79 Å². The van der Waals surface area contributed by atoms with E-state index in [4.69, 9.17) is 27.8 Å². The van der Waals surface area contributed by atoms with E-state index in [0.29, 0.717) is 11.3 Å².